The first kappa shape index (κ1) is 17.1. The van der Waals surface area contributed by atoms with Crippen LogP contribution in [-0.4, -0.2) is 58.6 Å². The third kappa shape index (κ3) is 9.96. The smallest absolute Gasteiger partial charge is 0.460 e. The highest BCUT2D eigenvalue weighted by Gasteiger charge is 2.58. The van der Waals surface area contributed by atoms with Gasteiger partial charge in [-0.2, -0.15) is 0 Å². The third-order valence-electron chi connectivity index (χ3n) is 1.14. The van der Waals surface area contributed by atoms with E-state index >= 15 is 0 Å². The molecular formula is C9H17MgO5+2. The summed E-state index contributed by atoms with van der Waals surface area (Å²) >= 11 is 1.26. The molecule has 0 aromatic heterocycles. The molecule has 0 amide bonds. The summed E-state index contributed by atoms with van der Waals surface area (Å²) in [5, 5.41) is 7.57. The minimum absolute atomic E-state index is 0.250. The third-order valence-corrected chi connectivity index (χ3v) is 1.81. The van der Waals surface area contributed by atoms with Gasteiger partial charge in [-0.05, 0) is 20.8 Å². The Bertz CT molecular complexity index is 165. The molecule has 0 heterocycles. The first-order valence-electron chi connectivity index (χ1n) is 4.82. The van der Waals surface area contributed by atoms with E-state index in [-0.39, 0.29) is 19.8 Å². The topological polar surface area (TPSA) is 72.8 Å². The Morgan fingerprint density at radius 1 is 1.13 bits per heavy atom. The van der Waals surface area contributed by atoms with Gasteiger partial charge in [0.15, 0.2) is 0 Å². The minimum atomic E-state index is -0.787. The van der Waals surface area contributed by atoms with Crippen molar-refractivity contribution in [3.63, 3.8) is 0 Å². The quantitative estimate of drug-likeness (QED) is 0.420. The highest BCUT2D eigenvalue weighted by Crippen LogP contribution is 2.04. The van der Waals surface area contributed by atoms with Crippen LogP contribution in [-0.2, 0) is 19.1 Å². The Morgan fingerprint density at radius 3 is 1.60 bits per heavy atom. The molecule has 83 valence electrons. The molecule has 0 atom stereocenters. The van der Waals surface area contributed by atoms with Gasteiger partial charge in [-0.25, -0.2) is 9.59 Å². The number of aliphatic hydroxyl groups excluding tert-OH is 1. The molecule has 0 saturated heterocycles. The summed E-state index contributed by atoms with van der Waals surface area (Å²) in [6, 6.07) is 0. The Labute approximate surface area is 103 Å². The largest absolute Gasteiger partial charge is 1.44 e. The van der Waals surface area contributed by atoms with Gasteiger partial charge >= 0.3 is 37.7 Å². The fourth-order valence-electron chi connectivity index (χ4n) is 0.582. The second-order valence-electron chi connectivity index (χ2n) is 2.37. The molecule has 0 fully saturated rings. The van der Waals surface area contributed by atoms with Gasteiger partial charge in [-0.3, -0.25) is 0 Å². The van der Waals surface area contributed by atoms with E-state index in [1.54, 1.807) is 20.8 Å². The lowest BCUT2D eigenvalue weighted by molar-refractivity contribution is -0.153. The second-order valence-corrected chi connectivity index (χ2v) is 3.19. The Morgan fingerprint density at radius 2 is 1.40 bits per heavy atom. The van der Waals surface area contributed by atoms with Crippen molar-refractivity contribution in [3.8, 4) is 0 Å². The number of carbonyl (C=O) groups excluding carboxylic acids is 2. The number of ether oxygens (including phenoxy) is 2. The maximum atomic E-state index is 10.9. The van der Waals surface area contributed by atoms with Crippen molar-refractivity contribution in [2.75, 3.05) is 19.8 Å². The van der Waals surface area contributed by atoms with E-state index in [0.29, 0.717) is 0 Å². The molecule has 0 bridgehead atoms. The first-order valence-corrected chi connectivity index (χ1v) is 5.63. The van der Waals surface area contributed by atoms with E-state index in [2.05, 4.69) is 9.47 Å². The van der Waals surface area contributed by atoms with Crippen LogP contribution in [0.4, 0.5) is 0 Å². The number of hydrogen-bond donors (Lipinski definition) is 1. The summed E-state index contributed by atoms with van der Waals surface area (Å²) in [4.78, 5) is 21.9. The van der Waals surface area contributed by atoms with E-state index in [0.717, 1.165) is 0 Å². The number of rotatable bonds is 4. The lowest BCUT2D eigenvalue weighted by Crippen LogP contribution is -2.22. The van der Waals surface area contributed by atoms with Crippen molar-refractivity contribution >= 4 is 33.6 Å². The molecular weight excluding hydrogens is 212 g/mol. The van der Waals surface area contributed by atoms with Crippen LogP contribution in [0.5, 0.6) is 0 Å². The SMILES string of the molecule is CCO.CCOC(=O)[CH]([Mg+2])C(=O)OCC. The normalized spacial score (nSPS) is 8.93. The Hall–Kier alpha value is -0.334. The molecule has 0 spiro atoms. The van der Waals surface area contributed by atoms with E-state index in [1.165, 1.54) is 21.7 Å². The molecule has 0 aromatic rings. The molecule has 0 aromatic carbocycles. The van der Waals surface area contributed by atoms with Gasteiger partial charge in [0.05, 0.1) is 13.2 Å². The number of aliphatic hydroxyl groups is 1. The maximum absolute atomic E-state index is 10.9. The summed E-state index contributed by atoms with van der Waals surface area (Å²) in [5.41, 5.74) is 0. The molecule has 0 rings (SSSR count). The Kier molecular flexibility index (Phi) is 13.4. The number of hydrogen-bond acceptors (Lipinski definition) is 5. The standard InChI is InChI=1S/C7H11O4.C2H6O.Mg/c1-3-10-6(8)5-7(9)11-4-2;1-2-3;/h5H,3-4H2,1-2H3;3H,2H2,1H3;/q;;+2. The van der Waals surface area contributed by atoms with Crippen molar-refractivity contribution in [2.24, 2.45) is 0 Å². The average Bonchev–Trinajstić information content (AvgIpc) is 2.18. The Balaban J connectivity index is 0. The summed E-state index contributed by atoms with van der Waals surface area (Å²) in [7, 11) is 0. The highest BCUT2D eigenvalue weighted by molar-refractivity contribution is 6.34. The maximum Gasteiger partial charge on any atom is 1.44 e. The lowest BCUT2D eigenvalue weighted by Gasteiger charge is -1.97. The molecule has 15 heavy (non-hydrogen) atoms. The van der Waals surface area contributed by atoms with Crippen molar-refractivity contribution in [1.82, 2.24) is 0 Å². The van der Waals surface area contributed by atoms with E-state index in [4.69, 9.17) is 5.11 Å². The van der Waals surface area contributed by atoms with Gasteiger partial charge in [0.1, 0.15) is 0 Å². The van der Waals surface area contributed by atoms with Crippen LogP contribution in [0.1, 0.15) is 20.8 Å². The highest BCUT2D eigenvalue weighted by atomic mass is 24.4. The van der Waals surface area contributed by atoms with Gasteiger partial charge < -0.3 is 14.6 Å². The predicted octanol–water partition coefficient (Wildman–Crippen LogP) is 0.0682. The zero-order valence-electron chi connectivity index (χ0n) is 9.49. The van der Waals surface area contributed by atoms with E-state index < -0.39 is 16.0 Å². The number of esters is 2. The van der Waals surface area contributed by atoms with Crippen LogP contribution in [0.25, 0.3) is 0 Å². The second kappa shape index (κ2) is 11.7. The van der Waals surface area contributed by atoms with Crippen LogP contribution in [0.3, 0.4) is 0 Å². The summed E-state index contributed by atoms with van der Waals surface area (Å²) in [6.45, 7) is 5.89. The molecule has 1 N–H and O–H groups in total. The zero-order chi connectivity index (χ0) is 12.3. The molecule has 7 radical (unpaired) electrons. The molecule has 0 aliphatic heterocycles. The summed E-state index contributed by atoms with van der Waals surface area (Å²) < 4.78 is 8.49. The van der Waals surface area contributed by atoms with Gasteiger partial charge in [-0.1, -0.05) is 0 Å². The zero-order valence-corrected chi connectivity index (χ0v) is 10.9. The molecule has 0 aliphatic carbocycles. The van der Waals surface area contributed by atoms with Crippen LogP contribution in [0.2, 0.25) is 4.05 Å². The van der Waals surface area contributed by atoms with Crippen LogP contribution in [0, 0.1) is 0 Å². The summed E-state index contributed by atoms with van der Waals surface area (Å²) in [6.07, 6.45) is 0. The van der Waals surface area contributed by atoms with Crippen molar-refractivity contribution in [2.45, 2.75) is 24.8 Å². The van der Waals surface area contributed by atoms with Gasteiger partial charge in [0.2, 0.25) is 0 Å². The van der Waals surface area contributed by atoms with Crippen molar-refractivity contribution < 1.29 is 24.2 Å². The van der Waals surface area contributed by atoms with Crippen molar-refractivity contribution in [3.05, 3.63) is 0 Å². The fraction of sp³-hybridized carbons (Fsp3) is 0.778. The molecule has 6 heteroatoms. The molecule has 0 aliphatic rings. The monoisotopic (exact) mass is 229 g/mol. The number of carbonyl (C=O) groups is 2. The molecule has 0 saturated carbocycles. The van der Waals surface area contributed by atoms with E-state index in [1.807, 2.05) is 0 Å². The first-order chi connectivity index (χ1) is 7.04. The van der Waals surface area contributed by atoms with Gasteiger partial charge in [0.25, 0.3) is 0 Å². The van der Waals surface area contributed by atoms with Crippen LogP contribution < -0.4 is 0 Å². The predicted molar refractivity (Wildman–Crippen MR) is 55.5 cm³/mol. The van der Waals surface area contributed by atoms with Gasteiger partial charge in [-0.15, -0.1) is 0 Å². The van der Waals surface area contributed by atoms with Crippen molar-refractivity contribution in [1.29, 1.82) is 0 Å². The van der Waals surface area contributed by atoms with E-state index in [9.17, 15) is 9.59 Å². The lowest BCUT2D eigenvalue weighted by atomic mass is 10.4. The molecule has 0 unspecified atom stereocenters. The van der Waals surface area contributed by atoms with Gasteiger partial charge in [0, 0.05) is 6.61 Å². The minimum Gasteiger partial charge on any atom is -0.460 e. The summed E-state index contributed by atoms with van der Waals surface area (Å²) in [5.74, 6) is -1.04. The van der Waals surface area contributed by atoms with Crippen LogP contribution in [0.15, 0.2) is 0 Å². The fourth-order valence-corrected chi connectivity index (χ4v) is 0.818. The van der Waals surface area contributed by atoms with Crippen LogP contribution >= 0.6 is 0 Å². The molecule has 5 nitrogen and oxygen atoms in total. The average molecular weight is 230 g/mol.